The van der Waals surface area contributed by atoms with Crippen molar-refractivity contribution in [3.63, 3.8) is 0 Å². The van der Waals surface area contributed by atoms with Crippen LogP contribution in [-0.4, -0.2) is 39.9 Å². The van der Waals surface area contributed by atoms with Gasteiger partial charge < -0.3 is 19.0 Å². The number of benzene rings is 1. The lowest BCUT2D eigenvalue weighted by Gasteiger charge is -2.38. The van der Waals surface area contributed by atoms with Gasteiger partial charge in [0.25, 0.3) is 0 Å². The van der Waals surface area contributed by atoms with Gasteiger partial charge in [0.05, 0.1) is 13.7 Å². The van der Waals surface area contributed by atoms with Gasteiger partial charge in [-0.1, -0.05) is 32.9 Å². The van der Waals surface area contributed by atoms with Gasteiger partial charge in [0.2, 0.25) is 0 Å². The Bertz CT molecular complexity index is 440. The number of ether oxygens (including phenoxy) is 2. The number of hydrogen-bond donors (Lipinski definition) is 1. The van der Waals surface area contributed by atoms with Gasteiger partial charge in [0.1, 0.15) is 12.7 Å². The number of aliphatic hydroxyl groups is 1. The molecule has 5 heteroatoms. The third-order valence-corrected chi connectivity index (χ3v) is 8.50. The number of para-hydroxylation sites is 2. The van der Waals surface area contributed by atoms with E-state index >= 15 is 0 Å². The van der Waals surface area contributed by atoms with E-state index in [-0.39, 0.29) is 17.7 Å². The SMILES string of the molecule is COc1ccccc1OCC(CO)O[Si](C)(C)C(C)(C)C. The zero-order valence-corrected chi connectivity index (χ0v) is 15.0. The van der Waals surface area contributed by atoms with Crippen LogP contribution in [0.15, 0.2) is 24.3 Å². The Balaban J connectivity index is 2.67. The third-order valence-electron chi connectivity index (χ3n) is 3.96. The Labute approximate surface area is 129 Å². The van der Waals surface area contributed by atoms with Gasteiger partial charge in [-0.3, -0.25) is 0 Å². The second-order valence-corrected chi connectivity index (χ2v) is 11.4. The van der Waals surface area contributed by atoms with Crippen molar-refractivity contribution in [1.29, 1.82) is 0 Å². The molecule has 0 aromatic heterocycles. The molecule has 0 amide bonds. The monoisotopic (exact) mass is 312 g/mol. The van der Waals surface area contributed by atoms with Crippen molar-refractivity contribution in [3.8, 4) is 11.5 Å². The molecule has 1 unspecified atom stereocenters. The molecule has 1 aromatic rings. The summed E-state index contributed by atoms with van der Waals surface area (Å²) in [6.45, 7) is 11.1. The van der Waals surface area contributed by atoms with Crippen molar-refractivity contribution in [1.82, 2.24) is 0 Å². The molecule has 4 nitrogen and oxygen atoms in total. The average Bonchev–Trinajstić information content (AvgIpc) is 2.42. The first kappa shape index (κ1) is 18.0. The summed E-state index contributed by atoms with van der Waals surface area (Å²) < 4.78 is 17.2. The molecule has 0 radical (unpaired) electrons. The molecule has 120 valence electrons. The molecule has 0 fully saturated rings. The minimum absolute atomic E-state index is 0.0539. The second kappa shape index (κ2) is 7.29. The zero-order valence-electron chi connectivity index (χ0n) is 14.0. The van der Waals surface area contributed by atoms with Crippen LogP contribution in [0.3, 0.4) is 0 Å². The highest BCUT2D eigenvalue weighted by molar-refractivity contribution is 6.74. The van der Waals surface area contributed by atoms with Gasteiger partial charge in [-0.25, -0.2) is 0 Å². The lowest BCUT2D eigenvalue weighted by atomic mass is 10.2. The fraction of sp³-hybridized carbons (Fsp3) is 0.625. The quantitative estimate of drug-likeness (QED) is 0.783. The van der Waals surface area contributed by atoms with E-state index in [1.807, 2.05) is 24.3 Å². The van der Waals surface area contributed by atoms with Crippen LogP contribution < -0.4 is 9.47 Å². The normalized spacial score (nSPS) is 13.9. The summed E-state index contributed by atoms with van der Waals surface area (Å²) in [6.07, 6.45) is -0.323. The van der Waals surface area contributed by atoms with Crippen LogP contribution in [0.1, 0.15) is 20.8 Å². The highest BCUT2D eigenvalue weighted by Gasteiger charge is 2.39. The summed E-state index contributed by atoms with van der Waals surface area (Å²) in [6, 6.07) is 7.47. The summed E-state index contributed by atoms with van der Waals surface area (Å²) in [5.41, 5.74) is 0. The molecule has 1 aromatic carbocycles. The van der Waals surface area contributed by atoms with E-state index in [1.165, 1.54) is 0 Å². The van der Waals surface area contributed by atoms with E-state index in [2.05, 4.69) is 33.9 Å². The highest BCUT2D eigenvalue weighted by Crippen LogP contribution is 2.37. The van der Waals surface area contributed by atoms with E-state index in [0.717, 1.165) is 0 Å². The second-order valence-electron chi connectivity index (χ2n) is 6.64. The van der Waals surface area contributed by atoms with Gasteiger partial charge in [0, 0.05) is 0 Å². The van der Waals surface area contributed by atoms with Crippen LogP contribution in [0.5, 0.6) is 11.5 Å². The smallest absolute Gasteiger partial charge is 0.192 e. The van der Waals surface area contributed by atoms with Crippen molar-refractivity contribution in [2.24, 2.45) is 0 Å². The summed E-state index contributed by atoms with van der Waals surface area (Å²) in [5.74, 6) is 1.35. The molecule has 0 aliphatic carbocycles. The van der Waals surface area contributed by atoms with Crippen LogP contribution in [0.25, 0.3) is 0 Å². The number of methoxy groups -OCH3 is 1. The van der Waals surface area contributed by atoms with Gasteiger partial charge in [-0.05, 0) is 30.3 Å². The fourth-order valence-corrected chi connectivity index (χ4v) is 2.97. The largest absolute Gasteiger partial charge is 0.493 e. The van der Waals surface area contributed by atoms with Crippen LogP contribution in [-0.2, 0) is 4.43 Å². The maximum absolute atomic E-state index is 9.55. The third kappa shape index (κ3) is 5.02. The molecule has 0 aliphatic rings. The minimum Gasteiger partial charge on any atom is -0.493 e. The number of aliphatic hydroxyl groups excluding tert-OH is 1. The first-order valence-electron chi connectivity index (χ1n) is 7.26. The zero-order chi connectivity index (χ0) is 16.1. The van der Waals surface area contributed by atoms with E-state index in [4.69, 9.17) is 13.9 Å². The van der Waals surface area contributed by atoms with Gasteiger partial charge in [-0.2, -0.15) is 0 Å². The fourth-order valence-electron chi connectivity index (χ4n) is 1.64. The van der Waals surface area contributed by atoms with Crippen molar-refractivity contribution in [2.45, 2.75) is 45.0 Å². The summed E-state index contributed by atoms with van der Waals surface area (Å²) >= 11 is 0. The molecule has 21 heavy (non-hydrogen) atoms. The molecular weight excluding hydrogens is 284 g/mol. The standard InChI is InChI=1S/C16H28O4Si/c1-16(2,3)21(5,6)20-13(11-17)12-19-15-10-8-7-9-14(15)18-4/h7-10,13,17H,11-12H2,1-6H3. The molecular formula is C16H28O4Si. The number of hydrogen-bond acceptors (Lipinski definition) is 4. The Hall–Kier alpha value is -1.04. The molecule has 0 bridgehead atoms. The van der Waals surface area contributed by atoms with Crippen LogP contribution in [0, 0.1) is 0 Å². The summed E-state index contributed by atoms with van der Waals surface area (Å²) in [7, 11) is -0.311. The minimum atomic E-state index is -1.92. The van der Waals surface area contributed by atoms with Crippen molar-refractivity contribution >= 4 is 8.32 Å². The topological polar surface area (TPSA) is 47.9 Å². The average molecular weight is 312 g/mol. The lowest BCUT2D eigenvalue weighted by Crippen LogP contribution is -2.46. The van der Waals surface area contributed by atoms with Crippen LogP contribution in [0.4, 0.5) is 0 Å². The molecule has 0 saturated heterocycles. The molecule has 0 heterocycles. The molecule has 0 aliphatic heterocycles. The number of rotatable bonds is 7. The van der Waals surface area contributed by atoms with Gasteiger partial charge in [0.15, 0.2) is 19.8 Å². The van der Waals surface area contributed by atoms with E-state index in [1.54, 1.807) is 7.11 Å². The van der Waals surface area contributed by atoms with E-state index < -0.39 is 8.32 Å². The maximum atomic E-state index is 9.55. The lowest BCUT2D eigenvalue weighted by molar-refractivity contribution is 0.0605. The Morgan fingerprint density at radius 2 is 1.71 bits per heavy atom. The molecule has 0 spiro atoms. The first-order chi connectivity index (χ1) is 9.71. The molecule has 0 saturated carbocycles. The molecule has 1 atom stereocenters. The Morgan fingerprint density at radius 1 is 1.14 bits per heavy atom. The van der Waals surface area contributed by atoms with Gasteiger partial charge >= 0.3 is 0 Å². The Kier molecular flexibility index (Phi) is 6.25. The first-order valence-corrected chi connectivity index (χ1v) is 10.2. The van der Waals surface area contributed by atoms with Crippen molar-refractivity contribution < 1.29 is 19.0 Å². The predicted octanol–water partition coefficient (Wildman–Crippen LogP) is 3.46. The summed E-state index contributed by atoms with van der Waals surface area (Å²) in [4.78, 5) is 0. The Morgan fingerprint density at radius 3 is 2.19 bits per heavy atom. The van der Waals surface area contributed by atoms with Crippen molar-refractivity contribution in [3.05, 3.63) is 24.3 Å². The van der Waals surface area contributed by atoms with Gasteiger partial charge in [-0.15, -0.1) is 0 Å². The molecule has 1 rings (SSSR count). The summed E-state index contributed by atoms with van der Waals surface area (Å²) in [5, 5.41) is 9.65. The van der Waals surface area contributed by atoms with E-state index in [0.29, 0.717) is 18.1 Å². The van der Waals surface area contributed by atoms with E-state index in [9.17, 15) is 5.11 Å². The van der Waals surface area contributed by atoms with Crippen molar-refractivity contribution in [2.75, 3.05) is 20.3 Å². The highest BCUT2D eigenvalue weighted by atomic mass is 28.4. The maximum Gasteiger partial charge on any atom is 0.192 e. The molecule has 1 N–H and O–H groups in total. The predicted molar refractivity (Wildman–Crippen MR) is 87.6 cm³/mol. The van der Waals surface area contributed by atoms with Crippen LogP contribution >= 0.6 is 0 Å². The van der Waals surface area contributed by atoms with Crippen LogP contribution in [0.2, 0.25) is 18.1 Å².